The van der Waals surface area contributed by atoms with E-state index in [1.54, 1.807) is 32.2 Å². The van der Waals surface area contributed by atoms with Gasteiger partial charge in [-0.15, -0.1) is 0 Å². The van der Waals surface area contributed by atoms with Crippen molar-refractivity contribution in [2.24, 2.45) is 4.99 Å². The number of carbonyl (C=O) groups excluding carboxylic acids is 1. The molecule has 0 saturated carbocycles. The molecule has 216 valence electrons. The van der Waals surface area contributed by atoms with Crippen LogP contribution in [0.5, 0.6) is 11.5 Å². The van der Waals surface area contributed by atoms with Gasteiger partial charge in [0.2, 0.25) is 0 Å². The minimum absolute atomic E-state index is 0.0303. The highest BCUT2D eigenvalue weighted by atomic mass is 79.9. The number of carbonyl (C=O) groups is 2. The molecule has 1 aliphatic rings. The summed E-state index contributed by atoms with van der Waals surface area (Å²) in [6, 6.07) is 7.62. The Bertz CT molecular complexity index is 1710. The Morgan fingerprint density at radius 1 is 1.20 bits per heavy atom. The molecule has 0 amide bonds. The number of nitrogens with zero attached hydrogens (tertiary/aromatic N) is 2. The van der Waals surface area contributed by atoms with E-state index in [4.69, 9.17) is 47.5 Å². The predicted molar refractivity (Wildman–Crippen MR) is 160 cm³/mol. The van der Waals surface area contributed by atoms with E-state index in [1.165, 1.54) is 16.7 Å². The van der Waals surface area contributed by atoms with Crippen molar-refractivity contribution in [1.29, 1.82) is 0 Å². The van der Waals surface area contributed by atoms with Gasteiger partial charge in [0, 0.05) is 0 Å². The first kappa shape index (κ1) is 30.8. The molecule has 0 fully saturated rings. The highest BCUT2D eigenvalue weighted by Gasteiger charge is 2.34. The van der Waals surface area contributed by atoms with Crippen LogP contribution in [0.2, 0.25) is 10.0 Å². The summed E-state index contributed by atoms with van der Waals surface area (Å²) in [6.07, 6.45) is 2.84. The Kier molecular flexibility index (Phi) is 9.96. The molecular formula is C28H25BrCl2N2O7S. The molecule has 3 aromatic rings. The topological polar surface area (TPSA) is 116 Å². The number of benzene rings is 2. The number of halogens is 3. The number of hydrogen-bond donors (Lipinski definition) is 1. The lowest BCUT2D eigenvalue weighted by Crippen LogP contribution is -2.40. The predicted octanol–water partition coefficient (Wildman–Crippen LogP) is 5.12. The van der Waals surface area contributed by atoms with Crippen LogP contribution in [0, 0.1) is 0 Å². The van der Waals surface area contributed by atoms with Gasteiger partial charge in [0.15, 0.2) is 17.2 Å². The van der Waals surface area contributed by atoms with Crippen molar-refractivity contribution in [2.75, 3.05) is 20.3 Å². The van der Waals surface area contributed by atoms with Crippen LogP contribution in [0.15, 0.2) is 55.9 Å². The molecule has 13 heteroatoms. The van der Waals surface area contributed by atoms with Crippen LogP contribution < -0.4 is 24.4 Å². The lowest BCUT2D eigenvalue weighted by molar-refractivity contribution is -0.140. The number of esters is 1. The third-order valence-corrected chi connectivity index (χ3v) is 8.21. The average molecular weight is 684 g/mol. The zero-order valence-corrected chi connectivity index (χ0v) is 26.1. The van der Waals surface area contributed by atoms with Crippen molar-refractivity contribution in [3.63, 3.8) is 0 Å². The number of rotatable bonds is 10. The molecule has 2 aromatic carbocycles. The lowest BCUT2D eigenvalue weighted by Gasteiger charge is -2.26. The third kappa shape index (κ3) is 6.53. The number of carboxylic acids is 1. The van der Waals surface area contributed by atoms with Gasteiger partial charge in [0.1, 0.15) is 5.75 Å². The quantitative estimate of drug-likeness (QED) is 0.295. The summed E-state index contributed by atoms with van der Waals surface area (Å²) in [4.78, 5) is 43.3. The van der Waals surface area contributed by atoms with Crippen LogP contribution in [-0.4, -0.2) is 41.9 Å². The van der Waals surface area contributed by atoms with Crippen molar-refractivity contribution in [2.45, 2.75) is 32.7 Å². The molecule has 0 bridgehead atoms. The standard InChI is InChI=1S/C28H25BrCl2N2O7S/c1-4-6-19-23(27(37)39-5-2)24(15-7-8-20(38-3)16(29)12-15)33-26(36)21(41-28(33)32-19)11-14-9-17(30)25(18(31)10-14)40-13-22(34)35/h7-12,24H,4-6,13H2,1-3H3,(H,34,35)/b21-11-/t24-/m1/s1. The van der Waals surface area contributed by atoms with E-state index < -0.39 is 24.6 Å². The second-order valence-electron chi connectivity index (χ2n) is 8.80. The van der Waals surface area contributed by atoms with E-state index in [0.717, 1.165) is 17.8 Å². The van der Waals surface area contributed by atoms with Gasteiger partial charge in [-0.05, 0) is 70.7 Å². The SMILES string of the molecule is CCCC1=C(C(=O)OCC)[C@@H](c2ccc(OC)c(Br)c2)n2c(s/c(=C\c3cc(Cl)c(OCC(=O)O)c(Cl)c3)c2=O)=N1. The fraction of sp³-hybridized carbons (Fsp3) is 0.286. The number of fused-ring (bicyclic) bond motifs is 1. The number of ether oxygens (including phenoxy) is 3. The summed E-state index contributed by atoms with van der Waals surface area (Å²) in [5, 5.41) is 9.08. The number of aliphatic carboxylic acids is 1. The maximum atomic E-state index is 13.9. The van der Waals surface area contributed by atoms with E-state index in [0.29, 0.717) is 48.4 Å². The number of carboxylic acid groups (broad SMARTS) is 1. The highest BCUT2D eigenvalue weighted by molar-refractivity contribution is 9.10. The van der Waals surface area contributed by atoms with E-state index in [9.17, 15) is 14.4 Å². The Labute approximate surface area is 257 Å². The van der Waals surface area contributed by atoms with Gasteiger partial charge >= 0.3 is 11.9 Å². The molecule has 1 atom stereocenters. The van der Waals surface area contributed by atoms with Gasteiger partial charge < -0.3 is 19.3 Å². The van der Waals surface area contributed by atoms with E-state index in [2.05, 4.69) is 15.9 Å². The second kappa shape index (κ2) is 13.2. The monoisotopic (exact) mass is 682 g/mol. The van der Waals surface area contributed by atoms with E-state index >= 15 is 0 Å². The van der Waals surface area contributed by atoms with Crippen molar-refractivity contribution in [3.8, 4) is 11.5 Å². The molecule has 0 radical (unpaired) electrons. The summed E-state index contributed by atoms with van der Waals surface area (Å²) in [5.41, 5.74) is 1.65. The normalized spacial score (nSPS) is 14.9. The molecule has 4 rings (SSSR count). The van der Waals surface area contributed by atoms with Crippen LogP contribution in [-0.2, 0) is 14.3 Å². The van der Waals surface area contributed by atoms with Gasteiger partial charge in [-0.3, -0.25) is 9.36 Å². The highest BCUT2D eigenvalue weighted by Crippen LogP contribution is 2.37. The lowest BCUT2D eigenvalue weighted by atomic mass is 9.94. The zero-order valence-electron chi connectivity index (χ0n) is 22.2. The number of hydrogen-bond acceptors (Lipinski definition) is 8. The van der Waals surface area contributed by atoms with Crippen LogP contribution in [0.1, 0.15) is 43.9 Å². The average Bonchev–Trinajstić information content (AvgIpc) is 3.21. The van der Waals surface area contributed by atoms with Crippen LogP contribution in [0.3, 0.4) is 0 Å². The fourth-order valence-corrected chi connectivity index (χ4v) is 6.57. The van der Waals surface area contributed by atoms with Crippen molar-refractivity contribution >= 4 is 68.5 Å². The Morgan fingerprint density at radius 2 is 1.90 bits per heavy atom. The summed E-state index contributed by atoms with van der Waals surface area (Å²) in [5.74, 6) is -1.09. The van der Waals surface area contributed by atoms with Gasteiger partial charge in [-0.1, -0.05) is 53.9 Å². The molecule has 1 aromatic heterocycles. The summed E-state index contributed by atoms with van der Waals surface area (Å²) in [6.45, 7) is 3.26. The Morgan fingerprint density at radius 3 is 2.49 bits per heavy atom. The smallest absolute Gasteiger partial charge is 0.341 e. The molecule has 0 saturated heterocycles. The van der Waals surface area contributed by atoms with Gasteiger partial charge in [0.05, 0.1) is 50.1 Å². The third-order valence-electron chi connectivity index (χ3n) is 6.04. The van der Waals surface area contributed by atoms with Crippen LogP contribution in [0.25, 0.3) is 6.08 Å². The van der Waals surface area contributed by atoms with Gasteiger partial charge in [0.25, 0.3) is 5.56 Å². The molecule has 0 spiro atoms. The molecule has 0 aliphatic carbocycles. The summed E-state index contributed by atoms with van der Waals surface area (Å²) < 4.78 is 18.5. The zero-order chi connectivity index (χ0) is 29.8. The fourth-order valence-electron chi connectivity index (χ4n) is 4.38. The molecular weight excluding hydrogens is 659 g/mol. The first-order valence-electron chi connectivity index (χ1n) is 12.5. The van der Waals surface area contributed by atoms with Crippen molar-refractivity contribution in [3.05, 3.63) is 86.9 Å². The van der Waals surface area contributed by atoms with Crippen molar-refractivity contribution < 1.29 is 28.9 Å². The maximum Gasteiger partial charge on any atom is 0.341 e. The summed E-state index contributed by atoms with van der Waals surface area (Å²) >= 11 is 17.3. The molecule has 2 heterocycles. The summed E-state index contributed by atoms with van der Waals surface area (Å²) in [7, 11) is 1.55. The molecule has 1 aliphatic heterocycles. The first-order valence-corrected chi connectivity index (χ1v) is 14.8. The number of methoxy groups -OCH3 is 1. The maximum absolute atomic E-state index is 13.9. The minimum atomic E-state index is -1.18. The molecule has 9 nitrogen and oxygen atoms in total. The second-order valence-corrected chi connectivity index (χ2v) is 11.5. The van der Waals surface area contributed by atoms with Crippen molar-refractivity contribution in [1.82, 2.24) is 4.57 Å². The minimum Gasteiger partial charge on any atom is -0.496 e. The number of aromatic nitrogens is 1. The van der Waals surface area contributed by atoms with Gasteiger partial charge in [-0.25, -0.2) is 14.6 Å². The van der Waals surface area contributed by atoms with Crippen LogP contribution in [0.4, 0.5) is 0 Å². The van der Waals surface area contributed by atoms with Gasteiger partial charge in [-0.2, -0.15) is 0 Å². The number of allylic oxidation sites excluding steroid dienone is 1. The molecule has 41 heavy (non-hydrogen) atoms. The Hall–Kier alpha value is -3.12. The largest absolute Gasteiger partial charge is 0.496 e. The number of thiazole rings is 1. The Balaban J connectivity index is 1.93. The van der Waals surface area contributed by atoms with Crippen LogP contribution >= 0.6 is 50.5 Å². The molecule has 0 unspecified atom stereocenters. The molecule has 1 N–H and O–H groups in total. The van der Waals surface area contributed by atoms with E-state index in [1.807, 2.05) is 13.0 Å². The first-order chi connectivity index (χ1) is 19.6. The van der Waals surface area contributed by atoms with E-state index in [-0.39, 0.29) is 28.0 Å².